The van der Waals surface area contributed by atoms with Crippen LogP contribution in [0.1, 0.15) is 352 Å². The van der Waals surface area contributed by atoms with Gasteiger partial charge >= 0.3 is 47.8 Å². The predicted octanol–water partition coefficient (Wildman–Crippen LogP) is 19.3. The van der Waals surface area contributed by atoms with E-state index in [0.29, 0.717) is 37.5 Å². The summed E-state index contributed by atoms with van der Waals surface area (Å²) in [6, 6.07) is 4.30. The molecular formula is C85H140N2O16. The fourth-order valence-corrected chi connectivity index (χ4v) is 16.0. The van der Waals surface area contributed by atoms with Crippen LogP contribution in [-0.2, 0) is 76.3 Å². The lowest BCUT2D eigenvalue weighted by Crippen LogP contribution is -2.42. The standard InChI is InChI=1S/2C15H19NO4.2C15H28O2.C13H24O2.C12H22O2/c2*1-4-14(2,3)12(17)19-10-8-5-9-11(10)20-13(18)15(9,6-8)7-16;2*1-6-14(2,3)13(16)17-15(4,5)12-10-8-7-9-11-12;1-5-12(3,4)11(14)15-13(6-2)9-7-8-10-13;1-5-11(2,3)10(13)14-12(4)8-6-7-9-12/h2*8-11H,4-6H2,1-3H3;2*12H,6-11H2,1-5H3;5-10H2,1-4H3;5-9H2,1-4H3. The van der Waals surface area contributed by atoms with Gasteiger partial charge in [0.15, 0.2) is 10.8 Å². The molecule has 10 unspecified atom stereocenters. The predicted molar refractivity (Wildman–Crippen MR) is 397 cm³/mol. The quantitative estimate of drug-likeness (QED) is 0.0764. The van der Waals surface area contributed by atoms with E-state index in [1.54, 1.807) is 0 Å². The van der Waals surface area contributed by atoms with Crippen LogP contribution in [0.2, 0.25) is 0 Å². The topological polar surface area (TPSA) is 258 Å². The molecule has 0 aromatic heterocycles. The Balaban J connectivity index is 0.000000223. The highest BCUT2D eigenvalue weighted by atomic mass is 16.6. The molecule has 2 heterocycles. The Morgan fingerprint density at radius 3 is 1.01 bits per heavy atom. The molecule has 0 aromatic rings. The first-order chi connectivity index (χ1) is 47.6. The van der Waals surface area contributed by atoms with Crippen molar-refractivity contribution >= 4 is 47.8 Å². The number of nitrogens with zero attached hydrogens (tertiary/aromatic N) is 2. The summed E-state index contributed by atoms with van der Waals surface area (Å²) in [4.78, 5) is 96.4. The van der Waals surface area contributed by atoms with Crippen LogP contribution in [0.5, 0.6) is 0 Å². The Morgan fingerprint density at radius 2 is 0.709 bits per heavy atom. The smallest absolute Gasteiger partial charge is 0.327 e. The molecule has 0 N–H and O–H groups in total. The average molecular weight is 1450 g/mol. The molecule has 0 aromatic carbocycles. The third-order valence-corrected chi connectivity index (χ3v) is 27.0. The van der Waals surface area contributed by atoms with Gasteiger partial charge in [0.25, 0.3) is 0 Å². The molecule has 4 bridgehead atoms. The minimum absolute atomic E-state index is 0.0197. The van der Waals surface area contributed by atoms with Gasteiger partial charge in [0.1, 0.15) is 46.8 Å². The van der Waals surface area contributed by atoms with Gasteiger partial charge in [-0.15, -0.1) is 0 Å². The van der Waals surface area contributed by atoms with E-state index in [9.17, 15) is 48.9 Å². The van der Waals surface area contributed by atoms with Crippen molar-refractivity contribution in [3.63, 3.8) is 0 Å². The zero-order valence-electron chi connectivity index (χ0n) is 68.7. The molecule has 10 rings (SSSR count). The van der Waals surface area contributed by atoms with Gasteiger partial charge in [0.2, 0.25) is 0 Å². The fraction of sp³-hybridized carbons (Fsp3) is 0.882. The lowest BCUT2D eigenvalue weighted by atomic mass is 9.74. The van der Waals surface area contributed by atoms with Crippen LogP contribution in [0.15, 0.2) is 0 Å². The van der Waals surface area contributed by atoms with Gasteiger partial charge in [0, 0.05) is 23.7 Å². The number of rotatable bonds is 21. The zero-order valence-corrected chi connectivity index (χ0v) is 68.7. The van der Waals surface area contributed by atoms with Crippen LogP contribution in [0.25, 0.3) is 0 Å². The van der Waals surface area contributed by atoms with Crippen molar-refractivity contribution in [2.24, 2.45) is 78.8 Å². The summed E-state index contributed by atoms with van der Waals surface area (Å²) in [5, 5.41) is 18.6. The second-order valence-corrected chi connectivity index (χ2v) is 37.5. The number of hydrogen-bond acceptors (Lipinski definition) is 18. The van der Waals surface area contributed by atoms with E-state index in [2.05, 4.69) is 53.7 Å². The normalized spacial score (nSPS) is 28.2. The van der Waals surface area contributed by atoms with Gasteiger partial charge < -0.3 is 37.9 Å². The van der Waals surface area contributed by atoms with Crippen LogP contribution in [-0.4, -0.2) is 94.6 Å². The first-order valence-electron chi connectivity index (χ1n) is 40.3. The third-order valence-electron chi connectivity index (χ3n) is 27.0. The van der Waals surface area contributed by atoms with Crippen molar-refractivity contribution in [3.05, 3.63) is 0 Å². The lowest BCUT2D eigenvalue weighted by molar-refractivity contribution is -0.174. The van der Waals surface area contributed by atoms with Crippen LogP contribution in [0.3, 0.4) is 0 Å². The van der Waals surface area contributed by atoms with Gasteiger partial charge in [-0.2, -0.15) is 10.5 Å². The maximum absolute atomic E-state index is 12.2. The summed E-state index contributed by atoms with van der Waals surface area (Å²) >= 11 is 0. The lowest BCUT2D eigenvalue weighted by Gasteiger charge is -2.38. The minimum atomic E-state index is -0.974. The molecule has 2 saturated heterocycles. The molecule has 8 aliphatic carbocycles. The second kappa shape index (κ2) is 34.8. The molecule has 0 amide bonds. The second-order valence-electron chi connectivity index (χ2n) is 37.5. The molecule has 18 nitrogen and oxygen atoms in total. The van der Waals surface area contributed by atoms with Crippen molar-refractivity contribution in [2.45, 2.75) is 399 Å². The number of carbonyl (C=O) groups excluding carboxylic acids is 8. The number of esters is 8. The number of ether oxygens (including phenoxy) is 8. The van der Waals surface area contributed by atoms with Gasteiger partial charge in [-0.3, -0.25) is 38.4 Å². The summed E-state index contributed by atoms with van der Waals surface area (Å²) in [6.45, 7) is 47.6. The largest absolute Gasteiger partial charge is 0.459 e. The van der Waals surface area contributed by atoms with Crippen LogP contribution >= 0.6 is 0 Å². The molecule has 0 spiro atoms. The fourth-order valence-electron chi connectivity index (χ4n) is 16.0. The van der Waals surface area contributed by atoms with Crippen LogP contribution in [0, 0.1) is 101 Å². The molecule has 18 heteroatoms. The van der Waals surface area contributed by atoms with Gasteiger partial charge in [-0.1, -0.05) is 87.0 Å². The molecule has 10 fully saturated rings. The Morgan fingerprint density at radius 1 is 0.417 bits per heavy atom. The molecule has 586 valence electrons. The van der Waals surface area contributed by atoms with Crippen LogP contribution in [0.4, 0.5) is 0 Å². The number of hydrogen-bond donors (Lipinski definition) is 0. The van der Waals surface area contributed by atoms with Crippen molar-refractivity contribution in [1.82, 2.24) is 0 Å². The summed E-state index contributed by atoms with van der Waals surface area (Å²) in [5.74, 6) is -0.479. The van der Waals surface area contributed by atoms with Gasteiger partial charge in [-0.25, -0.2) is 0 Å². The Labute approximate surface area is 621 Å². The number of carbonyl (C=O) groups is 8. The molecule has 103 heavy (non-hydrogen) atoms. The van der Waals surface area contributed by atoms with E-state index >= 15 is 0 Å². The zero-order chi connectivity index (χ0) is 78.0. The summed E-state index contributed by atoms with van der Waals surface area (Å²) < 4.78 is 45.0. The van der Waals surface area contributed by atoms with E-state index in [4.69, 9.17) is 37.9 Å². The van der Waals surface area contributed by atoms with Crippen molar-refractivity contribution in [1.29, 1.82) is 10.5 Å². The van der Waals surface area contributed by atoms with E-state index in [-0.39, 0.29) is 116 Å². The molecule has 10 aliphatic rings. The van der Waals surface area contributed by atoms with Gasteiger partial charge in [-0.05, 0) is 277 Å². The van der Waals surface area contributed by atoms with Crippen molar-refractivity contribution < 1.29 is 76.3 Å². The maximum Gasteiger partial charge on any atom is 0.327 e. The maximum atomic E-state index is 12.2. The van der Waals surface area contributed by atoms with Crippen molar-refractivity contribution in [2.75, 3.05) is 0 Å². The van der Waals surface area contributed by atoms with E-state index in [0.717, 1.165) is 70.6 Å². The molecular weight excluding hydrogens is 1300 g/mol. The van der Waals surface area contributed by atoms with Crippen molar-refractivity contribution in [3.8, 4) is 12.1 Å². The third kappa shape index (κ3) is 20.5. The summed E-state index contributed by atoms with van der Waals surface area (Å²) in [7, 11) is 0. The number of nitriles is 2. The Kier molecular flexibility index (Phi) is 29.8. The highest BCUT2D eigenvalue weighted by Crippen LogP contribution is 2.64. The monoisotopic (exact) mass is 1450 g/mol. The first-order valence-corrected chi connectivity index (χ1v) is 40.3. The Hall–Kier alpha value is -5.26. The molecule has 2 aliphatic heterocycles. The van der Waals surface area contributed by atoms with E-state index in [1.165, 1.54) is 89.9 Å². The Bertz CT molecular complexity index is 2860. The number of fused-ring (bicyclic) bond motifs is 2. The van der Waals surface area contributed by atoms with Crippen LogP contribution < -0.4 is 0 Å². The summed E-state index contributed by atoms with van der Waals surface area (Å²) in [6.07, 6.45) is 28.1. The highest BCUT2D eigenvalue weighted by Gasteiger charge is 2.74. The van der Waals surface area contributed by atoms with Gasteiger partial charge in [0.05, 0.1) is 44.6 Å². The summed E-state index contributed by atoms with van der Waals surface area (Å²) in [5.41, 5.74) is -5.29. The average Bonchev–Trinajstić information content (AvgIpc) is 1.55. The minimum Gasteiger partial charge on any atom is -0.459 e. The molecule has 8 saturated carbocycles. The van der Waals surface area contributed by atoms with E-state index in [1.807, 2.05) is 125 Å². The van der Waals surface area contributed by atoms with E-state index < -0.39 is 45.8 Å². The molecule has 10 atom stereocenters. The first kappa shape index (κ1) is 88.4. The molecule has 0 radical (unpaired) electrons. The SMILES string of the molecule is CCC(C)(C)C(=O)OC(C)(C)C1CCCCC1.CCC(C)(C)C(=O)OC(C)(C)C1CCCCC1.CCC(C)(C)C(=O)OC1(C)CCCC1.CCC(C)(C)C(=O)OC1C2CC3C1OC(=O)C3(C#N)C2.CCC(C)(C)C(=O)OC1C2CC3C1OC(=O)C3(C#N)C2.CCC1(OC(=O)C(C)(C)CC)CCCC1. The highest BCUT2D eigenvalue weighted by molar-refractivity contribution is 5.86.